The van der Waals surface area contributed by atoms with E-state index < -0.39 is 5.91 Å². The highest BCUT2D eigenvalue weighted by atomic mass is 16.5. The molecule has 2 aliphatic carbocycles. The maximum Gasteiger partial charge on any atom is 0.311 e. The summed E-state index contributed by atoms with van der Waals surface area (Å²) < 4.78 is 5.80. The van der Waals surface area contributed by atoms with Gasteiger partial charge in [0.1, 0.15) is 0 Å². The Labute approximate surface area is 138 Å². The molecule has 1 N–H and O–H groups in total. The van der Waals surface area contributed by atoms with Crippen LogP contribution in [-0.2, 0) is 14.3 Å². The van der Waals surface area contributed by atoms with Crippen molar-refractivity contribution in [3.05, 3.63) is 0 Å². The van der Waals surface area contributed by atoms with Crippen LogP contribution in [0.25, 0.3) is 0 Å². The van der Waals surface area contributed by atoms with Gasteiger partial charge in [0, 0.05) is 50.3 Å². The molecular weight excluding hydrogens is 294 g/mol. The van der Waals surface area contributed by atoms with Gasteiger partial charge in [0.15, 0.2) is 0 Å². The molecule has 1 heterocycles. The molecule has 0 aromatic rings. The van der Waals surface area contributed by atoms with Gasteiger partial charge in [-0.25, -0.2) is 0 Å². The topological polar surface area (TPSA) is 61.9 Å². The van der Waals surface area contributed by atoms with Gasteiger partial charge in [0.2, 0.25) is 0 Å². The number of nitrogens with one attached hydrogen (secondary N) is 1. The van der Waals surface area contributed by atoms with Crippen molar-refractivity contribution in [1.82, 2.24) is 15.1 Å². The average molecular weight is 323 g/mol. The third-order valence-electron chi connectivity index (χ3n) is 5.64. The fourth-order valence-electron chi connectivity index (χ4n) is 3.82. The Morgan fingerprint density at radius 3 is 2.35 bits per heavy atom. The van der Waals surface area contributed by atoms with E-state index in [-0.39, 0.29) is 17.4 Å². The molecule has 0 aromatic carbocycles. The zero-order valence-electron chi connectivity index (χ0n) is 14.5. The SMILES string of the molecule is CCOC1CC(N2CCN(C(=O)C(=O)NC3CC3)CC2)C1(C)C. The quantitative estimate of drug-likeness (QED) is 0.770. The van der Waals surface area contributed by atoms with E-state index in [0.717, 1.165) is 39.0 Å². The number of amides is 2. The number of hydrogen-bond donors (Lipinski definition) is 1. The minimum Gasteiger partial charge on any atom is -0.378 e. The number of carbonyl (C=O) groups is 2. The fourth-order valence-corrected chi connectivity index (χ4v) is 3.82. The summed E-state index contributed by atoms with van der Waals surface area (Å²) in [6.45, 7) is 10.3. The van der Waals surface area contributed by atoms with Crippen LogP contribution in [0.3, 0.4) is 0 Å². The molecule has 0 spiro atoms. The van der Waals surface area contributed by atoms with Crippen molar-refractivity contribution in [3.63, 3.8) is 0 Å². The Hall–Kier alpha value is -1.14. The largest absolute Gasteiger partial charge is 0.378 e. The van der Waals surface area contributed by atoms with Crippen LogP contribution in [0.4, 0.5) is 0 Å². The summed E-state index contributed by atoms with van der Waals surface area (Å²) in [6.07, 6.45) is 3.41. The molecule has 1 saturated heterocycles. The predicted octanol–water partition coefficient (Wildman–Crippen LogP) is 0.613. The Morgan fingerprint density at radius 2 is 1.83 bits per heavy atom. The molecule has 0 radical (unpaired) electrons. The van der Waals surface area contributed by atoms with Crippen molar-refractivity contribution in [2.45, 2.75) is 58.2 Å². The molecule has 6 heteroatoms. The molecule has 3 fully saturated rings. The molecule has 2 atom stereocenters. The van der Waals surface area contributed by atoms with Crippen LogP contribution >= 0.6 is 0 Å². The van der Waals surface area contributed by atoms with Gasteiger partial charge in [-0.15, -0.1) is 0 Å². The second kappa shape index (κ2) is 6.40. The Balaban J connectivity index is 1.47. The zero-order valence-corrected chi connectivity index (χ0v) is 14.5. The van der Waals surface area contributed by atoms with E-state index in [1.54, 1.807) is 4.90 Å². The highest BCUT2D eigenvalue weighted by molar-refractivity contribution is 6.35. The van der Waals surface area contributed by atoms with E-state index in [1.807, 2.05) is 6.92 Å². The summed E-state index contributed by atoms with van der Waals surface area (Å²) in [4.78, 5) is 28.2. The van der Waals surface area contributed by atoms with E-state index >= 15 is 0 Å². The van der Waals surface area contributed by atoms with E-state index in [1.165, 1.54) is 0 Å². The maximum absolute atomic E-state index is 12.2. The van der Waals surface area contributed by atoms with Crippen LogP contribution in [0.1, 0.15) is 40.0 Å². The zero-order chi connectivity index (χ0) is 16.6. The van der Waals surface area contributed by atoms with Crippen molar-refractivity contribution in [1.29, 1.82) is 0 Å². The van der Waals surface area contributed by atoms with Gasteiger partial charge in [0.25, 0.3) is 0 Å². The van der Waals surface area contributed by atoms with E-state index in [9.17, 15) is 9.59 Å². The lowest BCUT2D eigenvalue weighted by atomic mass is 9.63. The second-order valence-corrected chi connectivity index (χ2v) is 7.59. The number of hydrogen-bond acceptors (Lipinski definition) is 4. The molecule has 6 nitrogen and oxygen atoms in total. The first-order valence-electron chi connectivity index (χ1n) is 8.89. The molecule has 1 aliphatic heterocycles. The van der Waals surface area contributed by atoms with Gasteiger partial charge in [-0.1, -0.05) is 13.8 Å². The van der Waals surface area contributed by atoms with Crippen molar-refractivity contribution in [2.24, 2.45) is 5.41 Å². The van der Waals surface area contributed by atoms with Crippen LogP contribution in [0.5, 0.6) is 0 Å². The number of carbonyl (C=O) groups excluding carboxylic acids is 2. The summed E-state index contributed by atoms with van der Waals surface area (Å²) in [7, 11) is 0. The third kappa shape index (κ3) is 3.38. The molecule has 2 amide bonds. The maximum atomic E-state index is 12.2. The van der Waals surface area contributed by atoms with Gasteiger partial charge < -0.3 is 15.0 Å². The summed E-state index contributed by atoms with van der Waals surface area (Å²) in [5.41, 5.74) is 0.158. The second-order valence-electron chi connectivity index (χ2n) is 7.59. The van der Waals surface area contributed by atoms with Crippen LogP contribution in [0.2, 0.25) is 0 Å². The smallest absolute Gasteiger partial charge is 0.311 e. The Morgan fingerprint density at radius 1 is 1.17 bits per heavy atom. The Bertz CT molecular complexity index is 468. The molecular formula is C17H29N3O3. The highest BCUT2D eigenvalue weighted by Crippen LogP contribution is 2.46. The predicted molar refractivity (Wildman–Crippen MR) is 86.9 cm³/mol. The van der Waals surface area contributed by atoms with E-state index in [0.29, 0.717) is 25.2 Å². The van der Waals surface area contributed by atoms with E-state index in [2.05, 4.69) is 24.1 Å². The molecule has 23 heavy (non-hydrogen) atoms. The summed E-state index contributed by atoms with van der Waals surface area (Å²) in [5, 5.41) is 2.78. The number of nitrogens with zero attached hydrogens (tertiary/aromatic N) is 2. The lowest BCUT2D eigenvalue weighted by Crippen LogP contribution is -2.65. The van der Waals surface area contributed by atoms with Gasteiger partial charge in [-0.3, -0.25) is 14.5 Å². The highest BCUT2D eigenvalue weighted by Gasteiger charge is 2.51. The normalized spacial score (nSPS) is 30.7. The molecule has 0 aromatic heterocycles. The summed E-state index contributed by atoms with van der Waals surface area (Å²) in [6, 6.07) is 0.746. The van der Waals surface area contributed by atoms with Gasteiger partial charge in [-0.05, 0) is 26.2 Å². The molecule has 2 unspecified atom stereocenters. The van der Waals surface area contributed by atoms with Crippen molar-refractivity contribution in [2.75, 3.05) is 32.8 Å². The van der Waals surface area contributed by atoms with Crippen LogP contribution < -0.4 is 5.32 Å². The van der Waals surface area contributed by atoms with Gasteiger partial charge in [-0.2, -0.15) is 0 Å². The minimum atomic E-state index is -0.429. The molecule has 3 aliphatic rings. The standard InChI is InChI=1S/C17H29N3O3/c1-4-23-14-11-13(17(14,2)3)19-7-9-20(10-8-19)16(22)15(21)18-12-5-6-12/h12-14H,4-11H2,1-3H3,(H,18,21). The lowest BCUT2D eigenvalue weighted by molar-refractivity contribution is -0.160. The monoisotopic (exact) mass is 323 g/mol. The first-order chi connectivity index (χ1) is 10.9. The first-order valence-corrected chi connectivity index (χ1v) is 8.89. The summed E-state index contributed by atoms with van der Waals surface area (Å²) in [5.74, 6) is -0.794. The molecule has 3 rings (SSSR count). The Kier molecular flexibility index (Phi) is 4.65. The lowest BCUT2D eigenvalue weighted by Gasteiger charge is -2.57. The van der Waals surface area contributed by atoms with Crippen LogP contribution in [0.15, 0.2) is 0 Å². The van der Waals surface area contributed by atoms with Gasteiger partial charge >= 0.3 is 11.8 Å². The van der Waals surface area contributed by atoms with Crippen molar-refractivity contribution in [3.8, 4) is 0 Å². The van der Waals surface area contributed by atoms with Crippen LogP contribution in [0, 0.1) is 5.41 Å². The van der Waals surface area contributed by atoms with Gasteiger partial charge in [0.05, 0.1) is 6.10 Å². The molecule has 0 bridgehead atoms. The van der Waals surface area contributed by atoms with Crippen molar-refractivity contribution < 1.29 is 14.3 Å². The number of piperazine rings is 1. The van der Waals surface area contributed by atoms with Crippen molar-refractivity contribution >= 4 is 11.8 Å². The minimum absolute atomic E-state index is 0.158. The van der Waals surface area contributed by atoms with Crippen LogP contribution in [-0.4, -0.2) is 72.6 Å². The molecule has 130 valence electrons. The summed E-state index contributed by atoms with van der Waals surface area (Å²) >= 11 is 0. The molecule has 2 saturated carbocycles. The fraction of sp³-hybridized carbons (Fsp3) is 0.882. The average Bonchev–Trinajstić information content (AvgIpc) is 3.34. The number of ether oxygens (including phenoxy) is 1. The third-order valence-corrected chi connectivity index (χ3v) is 5.64. The number of rotatable bonds is 4. The van der Waals surface area contributed by atoms with E-state index in [4.69, 9.17) is 4.74 Å². The first kappa shape index (κ1) is 16.7.